The zero-order valence-corrected chi connectivity index (χ0v) is 13.4. The molecular weight excluding hydrogens is 296 g/mol. The fraction of sp³-hybridized carbons (Fsp3) is 0.188. The maximum Gasteiger partial charge on any atom is 0.187 e. The maximum absolute atomic E-state index is 5.20. The Balaban J connectivity index is 1.85. The summed E-state index contributed by atoms with van der Waals surface area (Å²) in [6, 6.07) is 13.5. The minimum absolute atomic E-state index is 0.457. The predicted molar refractivity (Wildman–Crippen MR) is 92.0 cm³/mol. The quantitative estimate of drug-likeness (QED) is 0.504. The van der Waals surface area contributed by atoms with Gasteiger partial charge in [0, 0.05) is 12.7 Å². The number of ether oxygens (including phenoxy) is 1. The Labute approximate surface area is 135 Å². The van der Waals surface area contributed by atoms with E-state index in [4.69, 9.17) is 17.0 Å². The van der Waals surface area contributed by atoms with Crippen LogP contribution in [-0.4, -0.2) is 22.9 Å². The fourth-order valence-corrected chi connectivity index (χ4v) is 1.89. The van der Waals surface area contributed by atoms with E-state index in [2.05, 4.69) is 20.8 Å². The zero-order valence-electron chi connectivity index (χ0n) is 12.5. The molecule has 0 aliphatic carbocycles. The summed E-state index contributed by atoms with van der Waals surface area (Å²) < 4.78 is 5.18. The van der Waals surface area contributed by atoms with Crippen molar-refractivity contribution in [3.63, 3.8) is 0 Å². The van der Waals surface area contributed by atoms with E-state index in [-0.39, 0.29) is 0 Å². The second-order valence-corrected chi connectivity index (χ2v) is 4.97. The van der Waals surface area contributed by atoms with Crippen LogP contribution >= 0.6 is 12.2 Å². The van der Waals surface area contributed by atoms with Crippen LogP contribution in [0.1, 0.15) is 18.2 Å². The van der Waals surface area contributed by atoms with E-state index in [0.717, 1.165) is 22.7 Å². The number of pyridine rings is 1. The lowest BCUT2D eigenvalue weighted by molar-refractivity contribution is 0.414. The first-order valence-electron chi connectivity index (χ1n) is 6.81. The molecule has 0 radical (unpaired) electrons. The Morgan fingerprint density at radius 1 is 1.27 bits per heavy atom. The molecule has 2 N–H and O–H groups in total. The number of benzene rings is 1. The van der Waals surface area contributed by atoms with E-state index in [1.807, 2.05) is 49.4 Å². The van der Waals surface area contributed by atoms with E-state index in [1.165, 1.54) is 0 Å². The van der Waals surface area contributed by atoms with Crippen molar-refractivity contribution in [2.75, 3.05) is 7.11 Å². The monoisotopic (exact) mass is 314 g/mol. The largest absolute Gasteiger partial charge is 0.497 e. The molecule has 2 rings (SSSR count). The third kappa shape index (κ3) is 4.82. The molecule has 0 spiro atoms. The van der Waals surface area contributed by atoms with Gasteiger partial charge in [0.25, 0.3) is 0 Å². The summed E-state index contributed by atoms with van der Waals surface area (Å²) in [5.41, 5.74) is 5.47. The molecule has 0 aliphatic rings. The second kappa shape index (κ2) is 8.09. The lowest BCUT2D eigenvalue weighted by Gasteiger charge is -2.09. The van der Waals surface area contributed by atoms with Gasteiger partial charge < -0.3 is 10.1 Å². The Hall–Kier alpha value is -2.47. The van der Waals surface area contributed by atoms with E-state index in [9.17, 15) is 0 Å². The van der Waals surface area contributed by atoms with Gasteiger partial charge in [0.2, 0.25) is 0 Å². The number of hydrogen-bond acceptors (Lipinski definition) is 4. The first-order chi connectivity index (χ1) is 10.7. The molecule has 22 heavy (non-hydrogen) atoms. The van der Waals surface area contributed by atoms with Crippen molar-refractivity contribution in [3.8, 4) is 5.75 Å². The minimum Gasteiger partial charge on any atom is -0.497 e. The normalized spacial score (nSPS) is 10.9. The van der Waals surface area contributed by atoms with Gasteiger partial charge in [0.05, 0.1) is 18.5 Å². The molecule has 0 amide bonds. The number of thiocarbonyl (C=S) groups is 1. The standard InChI is InChI=1S/C16H18N4OS/c1-12(15-8-3-4-9-17-15)19-20-16(22)18-11-13-6-5-7-14(10-13)21-2/h3-10H,11H2,1-2H3,(H2,18,20,22)/b19-12+. The maximum atomic E-state index is 5.20. The summed E-state index contributed by atoms with van der Waals surface area (Å²) in [5, 5.41) is 7.77. The number of hydrazone groups is 1. The number of nitrogens with zero attached hydrogens (tertiary/aromatic N) is 2. The van der Waals surface area contributed by atoms with Crippen molar-refractivity contribution < 1.29 is 4.74 Å². The molecule has 0 fully saturated rings. The first-order valence-corrected chi connectivity index (χ1v) is 7.22. The summed E-state index contributed by atoms with van der Waals surface area (Å²) in [6.07, 6.45) is 1.73. The highest BCUT2D eigenvalue weighted by molar-refractivity contribution is 7.80. The van der Waals surface area contributed by atoms with Gasteiger partial charge in [0.15, 0.2) is 5.11 Å². The minimum atomic E-state index is 0.457. The molecule has 0 saturated carbocycles. The summed E-state index contributed by atoms with van der Waals surface area (Å²) in [7, 11) is 1.65. The molecule has 6 heteroatoms. The number of aromatic nitrogens is 1. The molecule has 1 heterocycles. The van der Waals surface area contributed by atoms with Crippen LogP contribution in [-0.2, 0) is 6.54 Å². The summed E-state index contributed by atoms with van der Waals surface area (Å²) in [4.78, 5) is 4.22. The van der Waals surface area contributed by atoms with E-state index < -0.39 is 0 Å². The summed E-state index contributed by atoms with van der Waals surface area (Å²) in [6.45, 7) is 2.47. The highest BCUT2D eigenvalue weighted by Crippen LogP contribution is 2.11. The number of methoxy groups -OCH3 is 1. The Kier molecular flexibility index (Phi) is 5.85. The van der Waals surface area contributed by atoms with Crippen LogP contribution in [0.2, 0.25) is 0 Å². The number of rotatable bonds is 5. The molecular formula is C16H18N4OS. The lowest BCUT2D eigenvalue weighted by Crippen LogP contribution is -2.32. The Bertz CT molecular complexity index is 658. The summed E-state index contributed by atoms with van der Waals surface area (Å²) in [5.74, 6) is 0.821. The van der Waals surface area contributed by atoms with Crippen molar-refractivity contribution in [2.45, 2.75) is 13.5 Å². The van der Waals surface area contributed by atoms with Gasteiger partial charge in [-0.2, -0.15) is 5.10 Å². The molecule has 0 saturated heterocycles. The molecule has 2 aromatic rings. The SMILES string of the molecule is COc1cccc(CNC(=S)N/N=C(\C)c2ccccn2)c1. The van der Waals surface area contributed by atoms with Crippen LogP contribution in [0.15, 0.2) is 53.8 Å². The fourth-order valence-electron chi connectivity index (χ4n) is 1.77. The van der Waals surface area contributed by atoms with Crippen LogP contribution in [0.25, 0.3) is 0 Å². The zero-order chi connectivity index (χ0) is 15.8. The van der Waals surface area contributed by atoms with Gasteiger partial charge in [-0.3, -0.25) is 10.4 Å². The van der Waals surface area contributed by atoms with Crippen molar-refractivity contribution in [1.29, 1.82) is 0 Å². The summed E-state index contributed by atoms with van der Waals surface area (Å²) >= 11 is 5.20. The average molecular weight is 314 g/mol. The van der Waals surface area contributed by atoms with Crippen molar-refractivity contribution in [3.05, 3.63) is 59.9 Å². The van der Waals surface area contributed by atoms with Crippen LogP contribution < -0.4 is 15.5 Å². The van der Waals surface area contributed by atoms with Gasteiger partial charge in [-0.25, -0.2) is 0 Å². The topological polar surface area (TPSA) is 58.5 Å². The molecule has 0 aliphatic heterocycles. The van der Waals surface area contributed by atoms with E-state index >= 15 is 0 Å². The van der Waals surface area contributed by atoms with Gasteiger partial charge in [0.1, 0.15) is 5.75 Å². The van der Waals surface area contributed by atoms with Gasteiger partial charge in [-0.15, -0.1) is 0 Å². The third-order valence-corrected chi connectivity index (χ3v) is 3.18. The highest BCUT2D eigenvalue weighted by Gasteiger charge is 2.00. The Morgan fingerprint density at radius 3 is 2.86 bits per heavy atom. The third-order valence-electron chi connectivity index (χ3n) is 2.95. The van der Waals surface area contributed by atoms with Crippen LogP contribution in [0.4, 0.5) is 0 Å². The molecule has 5 nitrogen and oxygen atoms in total. The molecule has 0 unspecified atom stereocenters. The van der Waals surface area contributed by atoms with E-state index in [0.29, 0.717) is 11.7 Å². The smallest absolute Gasteiger partial charge is 0.187 e. The number of nitrogens with one attached hydrogen (secondary N) is 2. The van der Waals surface area contributed by atoms with Gasteiger partial charge >= 0.3 is 0 Å². The molecule has 1 aromatic carbocycles. The first kappa shape index (κ1) is 15.9. The van der Waals surface area contributed by atoms with Crippen LogP contribution in [0.5, 0.6) is 5.75 Å². The molecule has 114 valence electrons. The van der Waals surface area contributed by atoms with Crippen LogP contribution in [0, 0.1) is 0 Å². The molecule has 0 bridgehead atoms. The van der Waals surface area contributed by atoms with Crippen molar-refractivity contribution in [1.82, 2.24) is 15.7 Å². The van der Waals surface area contributed by atoms with Gasteiger partial charge in [-0.05, 0) is 49.0 Å². The van der Waals surface area contributed by atoms with Gasteiger partial charge in [-0.1, -0.05) is 18.2 Å². The lowest BCUT2D eigenvalue weighted by atomic mass is 10.2. The Morgan fingerprint density at radius 2 is 2.14 bits per heavy atom. The molecule has 1 aromatic heterocycles. The number of hydrogen-bond donors (Lipinski definition) is 2. The van der Waals surface area contributed by atoms with Crippen LogP contribution in [0.3, 0.4) is 0 Å². The van der Waals surface area contributed by atoms with Crippen molar-refractivity contribution in [2.24, 2.45) is 5.10 Å². The second-order valence-electron chi connectivity index (χ2n) is 4.56. The predicted octanol–water partition coefficient (Wildman–Crippen LogP) is 2.48. The highest BCUT2D eigenvalue weighted by atomic mass is 32.1. The van der Waals surface area contributed by atoms with Crippen molar-refractivity contribution >= 4 is 23.0 Å². The molecule has 0 atom stereocenters. The van der Waals surface area contributed by atoms with E-state index in [1.54, 1.807) is 13.3 Å². The average Bonchev–Trinajstić information content (AvgIpc) is 2.58.